The number of amides is 1. The summed E-state index contributed by atoms with van der Waals surface area (Å²) in [5.41, 5.74) is 0.354. The Balaban J connectivity index is 2.04. The minimum atomic E-state index is -0.455. The molecule has 1 amide bonds. The number of aliphatic hydroxyl groups excluding tert-OH is 1. The SMILES string of the molecule is O=C(N[C@H]1CCCC[C@@H]1O)c1cccnc1Cl. The van der Waals surface area contributed by atoms with Crippen LogP contribution in [0, 0.1) is 0 Å². The molecule has 17 heavy (non-hydrogen) atoms. The highest BCUT2D eigenvalue weighted by molar-refractivity contribution is 6.32. The van der Waals surface area contributed by atoms with Gasteiger partial charge in [0, 0.05) is 6.20 Å². The Kier molecular flexibility index (Phi) is 3.97. The third-order valence-corrected chi connectivity index (χ3v) is 3.35. The molecule has 0 aliphatic heterocycles. The van der Waals surface area contributed by atoms with Gasteiger partial charge in [-0.1, -0.05) is 24.4 Å². The van der Waals surface area contributed by atoms with Crippen LogP contribution in [0.2, 0.25) is 5.15 Å². The summed E-state index contributed by atoms with van der Waals surface area (Å²) in [7, 11) is 0. The Hall–Kier alpha value is -1.13. The summed E-state index contributed by atoms with van der Waals surface area (Å²) in [5, 5.41) is 12.8. The molecule has 1 fully saturated rings. The number of halogens is 1. The molecule has 5 heteroatoms. The highest BCUT2D eigenvalue weighted by Gasteiger charge is 2.25. The van der Waals surface area contributed by atoms with Gasteiger partial charge in [-0.05, 0) is 25.0 Å². The maximum absolute atomic E-state index is 11.9. The molecule has 92 valence electrons. The number of rotatable bonds is 2. The molecule has 0 saturated heterocycles. The van der Waals surface area contributed by atoms with Crippen LogP contribution < -0.4 is 5.32 Å². The summed E-state index contributed by atoms with van der Waals surface area (Å²) in [6, 6.07) is 3.12. The van der Waals surface area contributed by atoms with Crippen LogP contribution in [-0.2, 0) is 0 Å². The number of nitrogens with zero attached hydrogens (tertiary/aromatic N) is 1. The molecule has 1 aromatic rings. The van der Waals surface area contributed by atoms with Gasteiger partial charge in [-0.3, -0.25) is 4.79 Å². The molecule has 4 nitrogen and oxygen atoms in total. The van der Waals surface area contributed by atoms with E-state index in [9.17, 15) is 9.90 Å². The minimum absolute atomic E-state index is 0.174. The second-order valence-electron chi connectivity index (χ2n) is 4.27. The fourth-order valence-electron chi connectivity index (χ4n) is 2.08. The lowest BCUT2D eigenvalue weighted by atomic mass is 9.92. The molecule has 0 unspecified atom stereocenters. The second-order valence-corrected chi connectivity index (χ2v) is 4.63. The van der Waals surface area contributed by atoms with Crippen molar-refractivity contribution in [3.05, 3.63) is 29.0 Å². The zero-order chi connectivity index (χ0) is 12.3. The predicted molar refractivity (Wildman–Crippen MR) is 65.0 cm³/mol. The Morgan fingerprint density at radius 1 is 1.47 bits per heavy atom. The molecule has 1 aliphatic rings. The molecule has 0 aromatic carbocycles. The van der Waals surface area contributed by atoms with Gasteiger partial charge in [0.25, 0.3) is 5.91 Å². The molecule has 0 radical (unpaired) electrons. The smallest absolute Gasteiger partial charge is 0.254 e. The summed E-state index contributed by atoms with van der Waals surface area (Å²) in [4.78, 5) is 15.8. The van der Waals surface area contributed by atoms with E-state index in [2.05, 4.69) is 10.3 Å². The first-order valence-corrected chi connectivity index (χ1v) is 6.15. The maximum Gasteiger partial charge on any atom is 0.254 e. The quantitative estimate of drug-likeness (QED) is 0.791. The zero-order valence-corrected chi connectivity index (χ0v) is 10.2. The van der Waals surface area contributed by atoms with Crippen LogP contribution in [0.1, 0.15) is 36.0 Å². The molecule has 1 saturated carbocycles. The highest BCUT2D eigenvalue weighted by atomic mass is 35.5. The predicted octanol–water partition coefficient (Wildman–Crippen LogP) is 1.77. The molecule has 0 spiro atoms. The van der Waals surface area contributed by atoms with Crippen molar-refractivity contribution >= 4 is 17.5 Å². The van der Waals surface area contributed by atoms with E-state index in [0.717, 1.165) is 25.7 Å². The number of carbonyl (C=O) groups excluding carboxylic acids is 1. The average Bonchev–Trinajstić information content (AvgIpc) is 2.32. The van der Waals surface area contributed by atoms with Crippen LogP contribution in [0.5, 0.6) is 0 Å². The summed E-state index contributed by atoms with van der Waals surface area (Å²) in [5.74, 6) is -0.269. The number of nitrogens with one attached hydrogen (secondary N) is 1. The van der Waals surface area contributed by atoms with E-state index in [4.69, 9.17) is 11.6 Å². The molecule has 2 N–H and O–H groups in total. The van der Waals surface area contributed by atoms with Gasteiger partial charge in [0.15, 0.2) is 0 Å². The van der Waals surface area contributed by atoms with Crippen molar-refractivity contribution < 1.29 is 9.90 Å². The van der Waals surface area contributed by atoms with Crippen LogP contribution in [0.25, 0.3) is 0 Å². The van der Waals surface area contributed by atoms with Crippen molar-refractivity contribution in [2.24, 2.45) is 0 Å². The van der Waals surface area contributed by atoms with Crippen LogP contribution in [0.4, 0.5) is 0 Å². The van der Waals surface area contributed by atoms with Gasteiger partial charge in [0.2, 0.25) is 0 Å². The monoisotopic (exact) mass is 254 g/mol. The van der Waals surface area contributed by atoms with Gasteiger partial charge in [0.05, 0.1) is 17.7 Å². The van der Waals surface area contributed by atoms with Crippen molar-refractivity contribution in [3.63, 3.8) is 0 Å². The molecular formula is C12H15ClN2O2. The Labute approximate surface area is 105 Å². The lowest BCUT2D eigenvalue weighted by molar-refractivity contribution is 0.0717. The van der Waals surface area contributed by atoms with Gasteiger partial charge >= 0.3 is 0 Å². The second kappa shape index (κ2) is 5.47. The summed E-state index contributed by atoms with van der Waals surface area (Å²) in [6.07, 6.45) is 4.68. The van der Waals surface area contributed by atoms with Crippen molar-refractivity contribution in [3.8, 4) is 0 Å². The highest BCUT2D eigenvalue weighted by Crippen LogP contribution is 2.19. The average molecular weight is 255 g/mol. The lowest BCUT2D eigenvalue weighted by Gasteiger charge is -2.28. The van der Waals surface area contributed by atoms with Crippen LogP contribution in [-0.4, -0.2) is 28.1 Å². The molecule has 2 rings (SSSR count). The lowest BCUT2D eigenvalue weighted by Crippen LogP contribution is -2.45. The molecule has 1 aliphatic carbocycles. The normalized spacial score (nSPS) is 24.4. The molecule has 2 atom stereocenters. The van der Waals surface area contributed by atoms with Crippen molar-refractivity contribution in [1.82, 2.24) is 10.3 Å². The zero-order valence-electron chi connectivity index (χ0n) is 9.40. The number of hydrogen-bond donors (Lipinski definition) is 2. The first-order chi connectivity index (χ1) is 8.18. The van der Waals surface area contributed by atoms with Gasteiger partial charge in [-0.25, -0.2) is 4.98 Å². The van der Waals surface area contributed by atoms with Crippen LogP contribution in [0.15, 0.2) is 18.3 Å². The van der Waals surface area contributed by atoms with Crippen molar-refractivity contribution in [2.75, 3.05) is 0 Å². The number of aromatic nitrogens is 1. The third kappa shape index (κ3) is 2.96. The first-order valence-electron chi connectivity index (χ1n) is 5.78. The Morgan fingerprint density at radius 2 is 2.24 bits per heavy atom. The van der Waals surface area contributed by atoms with Gasteiger partial charge < -0.3 is 10.4 Å². The minimum Gasteiger partial charge on any atom is -0.391 e. The van der Waals surface area contributed by atoms with E-state index in [1.165, 1.54) is 6.20 Å². The fraction of sp³-hybridized carbons (Fsp3) is 0.500. The van der Waals surface area contributed by atoms with E-state index >= 15 is 0 Å². The van der Waals surface area contributed by atoms with E-state index in [-0.39, 0.29) is 17.1 Å². The van der Waals surface area contributed by atoms with Crippen molar-refractivity contribution in [2.45, 2.75) is 37.8 Å². The summed E-state index contributed by atoms with van der Waals surface area (Å²) < 4.78 is 0. The third-order valence-electron chi connectivity index (χ3n) is 3.05. The molecule has 1 heterocycles. The topological polar surface area (TPSA) is 62.2 Å². The molecule has 1 aromatic heterocycles. The summed E-state index contributed by atoms with van der Waals surface area (Å²) in [6.45, 7) is 0. The fourth-order valence-corrected chi connectivity index (χ4v) is 2.29. The van der Waals surface area contributed by atoms with E-state index < -0.39 is 6.10 Å². The first kappa shape index (κ1) is 12.3. The number of carbonyl (C=O) groups is 1. The van der Waals surface area contributed by atoms with E-state index in [0.29, 0.717) is 5.56 Å². The standard InChI is InChI=1S/C12H15ClN2O2/c13-11-8(4-3-7-14-11)12(17)15-9-5-1-2-6-10(9)16/h3-4,7,9-10,16H,1-2,5-6H2,(H,15,17)/t9-,10-/m0/s1. The number of aliphatic hydroxyl groups is 1. The Bertz CT molecular complexity index is 411. The molecular weight excluding hydrogens is 240 g/mol. The maximum atomic E-state index is 11.9. The summed E-state index contributed by atoms with van der Waals surface area (Å²) >= 11 is 5.84. The largest absolute Gasteiger partial charge is 0.391 e. The van der Waals surface area contributed by atoms with Gasteiger partial charge in [-0.15, -0.1) is 0 Å². The van der Waals surface area contributed by atoms with E-state index in [1.807, 2.05) is 0 Å². The number of pyridine rings is 1. The van der Waals surface area contributed by atoms with Crippen molar-refractivity contribution in [1.29, 1.82) is 0 Å². The van der Waals surface area contributed by atoms with E-state index in [1.54, 1.807) is 12.1 Å². The van der Waals surface area contributed by atoms with Crippen LogP contribution in [0.3, 0.4) is 0 Å². The number of hydrogen-bond acceptors (Lipinski definition) is 3. The van der Waals surface area contributed by atoms with Gasteiger partial charge in [0.1, 0.15) is 5.15 Å². The Morgan fingerprint density at radius 3 is 2.94 bits per heavy atom. The van der Waals surface area contributed by atoms with Gasteiger partial charge in [-0.2, -0.15) is 0 Å². The van der Waals surface area contributed by atoms with Crippen LogP contribution >= 0.6 is 11.6 Å². The molecule has 0 bridgehead atoms.